The van der Waals surface area contributed by atoms with Gasteiger partial charge in [-0.25, -0.2) is 8.78 Å². The normalized spacial score (nSPS) is 10.6. The van der Waals surface area contributed by atoms with Crippen molar-refractivity contribution in [2.24, 2.45) is 0 Å². The number of hydrogen-bond donors (Lipinski definition) is 1. The molecule has 3 rings (SSSR count). The third-order valence-corrected chi connectivity index (χ3v) is 4.06. The van der Waals surface area contributed by atoms with Gasteiger partial charge in [0.2, 0.25) is 5.13 Å². The summed E-state index contributed by atoms with van der Waals surface area (Å²) in [7, 11) is 1.44. The quantitative estimate of drug-likeness (QED) is 0.769. The second kappa shape index (κ2) is 6.89. The van der Waals surface area contributed by atoms with Crippen LogP contribution in [0.15, 0.2) is 30.5 Å². The fourth-order valence-corrected chi connectivity index (χ4v) is 2.75. The Bertz CT molecular complexity index is 925. The van der Waals surface area contributed by atoms with Crippen LogP contribution in [0.3, 0.4) is 0 Å². The van der Waals surface area contributed by atoms with E-state index in [2.05, 4.69) is 20.5 Å². The minimum absolute atomic E-state index is 0.157. The van der Waals surface area contributed by atoms with Crippen LogP contribution in [-0.4, -0.2) is 28.2 Å². The number of nitrogens with zero attached hydrogens (tertiary/aromatic N) is 3. The molecule has 3 aromatic rings. The first-order chi connectivity index (χ1) is 12.0. The number of aromatic nitrogens is 3. The monoisotopic (exact) mass is 362 g/mol. The number of nitrogens with one attached hydrogen (secondary N) is 1. The molecule has 9 heteroatoms. The van der Waals surface area contributed by atoms with Crippen LogP contribution in [0.1, 0.15) is 16.1 Å². The van der Waals surface area contributed by atoms with Gasteiger partial charge in [0.15, 0.2) is 0 Å². The number of benzene rings is 1. The molecule has 0 aliphatic heterocycles. The van der Waals surface area contributed by atoms with E-state index in [1.54, 1.807) is 13.0 Å². The standard InChI is InChI=1S/C16H12F2N4O2S/c1-8-3-12(9-4-10(17)6-11(18)5-9)13(7-19-8)14(23)20-15-21-22-16(24-2)25-15/h3-7H,1-2H3,(H,20,21,23). The van der Waals surface area contributed by atoms with E-state index in [0.717, 1.165) is 29.5 Å². The number of rotatable bonds is 4. The molecule has 0 unspecified atom stereocenters. The molecule has 0 bridgehead atoms. The fraction of sp³-hybridized carbons (Fsp3) is 0.125. The second-order valence-corrected chi connectivity index (χ2v) is 6.00. The molecule has 6 nitrogen and oxygen atoms in total. The average molecular weight is 362 g/mol. The number of carbonyl (C=O) groups excluding carboxylic acids is 1. The number of carbonyl (C=O) groups is 1. The predicted octanol–water partition coefficient (Wildman–Crippen LogP) is 3.45. The van der Waals surface area contributed by atoms with Crippen LogP contribution in [-0.2, 0) is 0 Å². The summed E-state index contributed by atoms with van der Waals surface area (Å²) in [5.41, 5.74) is 1.36. The predicted molar refractivity (Wildman–Crippen MR) is 88.7 cm³/mol. The Labute approximate surface area is 145 Å². The Balaban J connectivity index is 1.99. The number of hydrogen-bond acceptors (Lipinski definition) is 6. The molecular weight excluding hydrogens is 350 g/mol. The van der Waals surface area contributed by atoms with E-state index in [4.69, 9.17) is 4.74 Å². The topological polar surface area (TPSA) is 77.0 Å². The van der Waals surface area contributed by atoms with Crippen molar-refractivity contribution in [3.8, 4) is 16.3 Å². The summed E-state index contributed by atoms with van der Waals surface area (Å²) in [6.45, 7) is 1.72. The minimum Gasteiger partial charge on any atom is -0.472 e. The lowest BCUT2D eigenvalue weighted by Crippen LogP contribution is -2.14. The number of methoxy groups -OCH3 is 1. The third-order valence-electron chi connectivity index (χ3n) is 3.26. The van der Waals surface area contributed by atoms with Gasteiger partial charge in [0.05, 0.1) is 12.7 Å². The van der Waals surface area contributed by atoms with Crippen LogP contribution < -0.4 is 10.1 Å². The summed E-state index contributed by atoms with van der Waals surface area (Å²) < 4.78 is 32.0. The zero-order valence-electron chi connectivity index (χ0n) is 13.2. The van der Waals surface area contributed by atoms with Gasteiger partial charge in [-0.3, -0.25) is 15.1 Å². The van der Waals surface area contributed by atoms with Crippen molar-refractivity contribution in [3.05, 3.63) is 53.4 Å². The van der Waals surface area contributed by atoms with E-state index < -0.39 is 17.5 Å². The number of anilines is 1. The van der Waals surface area contributed by atoms with Crippen molar-refractivity contribution < 1.29 is 18.3 Å². The van der Waals surface area contributed by atoms with Gasteiger partial charge in [0.25, 0.3) is 11.1 Å². The van der Waals surface area contributed by atoms with E-state index in [1.165, 1.54) is 13.3 Å². The van der Waals surface area contributed by atoms with Crippen molar-refractivity contribution in [2.45, 2.75) is 6.92 Å². The highest BCUT2D eigenvalue weighted by Gasteiger charge is 2.17. The van der Waals surface area contributed by atoms with E-state index in [9.17, 15) is 13.6 Å². The van der Waals surface area contributed by atoms with Crippen molar-refractivity contribution in [3.63, 3.8) is 0 Å². The molecule has 128 valence electrons. The second-order valence-electron chi connectivity index (χ2n) is 5.06. The van der Waals surface area contributed by atoms with Crippen LogP contribution in [0.25, 0.3) is 11.1 Å². The molecule has 0 aliphatic carbocycles. The summed E-state index contributed by atoms with van der Waals surface area (Å²) in [5.74, 6) is -1.99. The molecule has 0 atom stereocenters. The van der Waals surface area contributed by atoms with Crippen LogP contribution in [0.4, 0.5) is 13.9 Å². The number of ether oxygens (including phenoxy) is 1. The first-order valence-electron chi connectivity index (χ1n) is 7.08. The Hall–Kier alpha value is -2.94. The van der Waals surface area contributed by atoms with Gasteiger partial charge >= 0.3 is 0 Å². The summed E-state index contributed by atoms with van der Waals surface area (Å²) in [4.78, 5) is 16.6. The number of pyridine rings is 1. The van der Waals surface area contributed by atoms with Crippen LogP contribution >= 0.6 is 11.3 Å². The average Bonchev–Trinajstić information content (AvgIpc) is 3.01. The van der Waals surface area contributed by atoms with Crippen molar-refractivity contribution >= 4 is 22.4 Å². The third kappa shape index (κ3) is 3.77. The Morgan fingerprint density at radius 1 is 1.16 bits per heavy atom. The Morgan fingerprint density at radius 2 is 1.88 bits per heavy atom. The smallest absolute Gasteiger partial charge is 0.295 e. The molecule has 0 spiro atoms. The first kappa shape index (κ1) is 16.9. The first-order valence-corrected chi connectivity index (χ1v) is 7.90. The molecule has 2 heterocycles. The summed E-state index contributed by atoms with van der Waals surface area (Å²) in [5, 5.41) is 10.6. The zero-order chi connectivity index (χ0) is 18.0. The van der Waals surface area contributed by atoms with Crippen LogP contribution in [0.2, 0.25) is 0 Å². The number of halogens is 2. The molecule has 0 saturated heterocycles. The number of amides is 1. The zero-order valence-corrected chi connectivity index (χ0v) is 14.0. The molecule has 1 aromatic carbocycles. The molecule has 0 aliphatic rings. The Morgan fingerprint density at radius 3 is 2.52 bits per heavy atom. The molecule has 0 radical (unpaired) electrons. The van der Waals surface area contributed by atoms with Crippen molar-refractivity contribution in [1.82, 2.24) is 15.2 Å². The summed E-state index contributed by atoms with van der Waals surface area (Å²) in [6.07, 6.45) is 1.35. The van der Waals surface area contributed by atoms with E-state index in [0.29, 0.717) is 16.5 Å². The Kier molecular flexibility index (Phi) is 4.66. The molecule has 2 aromatic heterocycles. The molecule has 1 N–H and O–H groups in total. The van der Waals surface area contributed by atoms with Gasteiger partial charge < -0.3 is 4.74 Å². The van der Waals surface area contributed by atoms with Gasteiger partial charge in [-0.05, 0) is 47.6 Å². The van der Waals surface area contributed by atoms with Gasteiger partial charge in [0.1, 0.15) is 11.6 Å². The highest BCUT2D eigenvalue weighted by molar-refractivity contribution is 7.17. The van der Waals surface area contributed by atoms with Crippen molar-refractivity contribution in [1.29, 1.82) is 0 Å². The maximum atomic E-state index is 13.5. The van der Waals surface area contributed by atoms with Gasteiger partial charge in [-0.1, -0.05) is 5.10 Å². The van der Waals surface area contributed by atoms with Gasteiger partial charge in [-0.15, -0.1) is 5.10 Å². The lowest BCUT2D eigenvalue weighted by molar-refractivity contribution is 0.102. The lowest BCUT2D eigenvalue weighted by atomic mass is 10.00. The highest BCUT2D eigenvalue weighted by atomic mass is 32.1. The molecular formula is C16H12F2N4O2S. The molecule has 0 fully saturated rings. The maximum absolute atomic E-state index is 13.5. The van der Waals surface area contributed by atoms with E-state index in [1.807, 2.05) is 0 Å². The highest BCUT2D eigenvalue weighted by Crippen LogP contribution is 2.28. The molecule has 25 heavy (non-hydrogen) atoms. The fourth-order valence-electron chi connectivity index (χ4n) is 2.20. The minimum atomic E-state index is -0.732. The number of aryl methyl sites for hydroxylation is 1. The molecule has 1 amide bonds. The SMILES string of the molecule is COc1nnc(NC(=O)c2cnc(C)cc2-c2cc(F)cc(F)c2)s1. The maximum Gasteiger partial charge on any atom is 0.295 e. The van der Waals surface area contributed by atoms with Crippen LogP contribution in [0, 0.1) is 18.6 Å². The van der Waals surface area contributed by atoms with E-state index in [-0.39, 0.29) is 16.3 Å². The van der Waals surface area contributed by atoms with Gasteiger partial charge in [0, 0.05) is 18.0 Å². The van der Waals surface area contributed by atoms with Crippen LogP contribution in [0.5, 0.6) is 5.19 Å². The summed E-state index contributed by atoms with van der Waals surface area (Å²) >= 11 is 1.05. The van der Waals surface area contributed by atoms with Gasteiger partial charge in [-0.2, -0.15) is 0 Å². The van der Waals surface area contributed by atoms with Crippen molar-refractivity contribution in [2.75, 3.05) is 12.4 Å². The summed E-state index contributed by atoms with van der Waals surface area (Å²) in [6, 6.07) is 4.67. The molecule has 0 saturated carbocycles. The van der Waals surface area contributed by atoms with E-state index >= 15 is 0 Å². The largest absolute Gasteiger partial charge is 0.472 e. The lowest BCUT2D eigenvalue weighted by Gasteiger charge is -2.10.